The Balaban J connectivity index is 4.61. The molecular formula is C6H12O5. The fourth-order valence-corrected chi connectivity index (χ4v) is 0.460. The third-order valence-corrected chi connectivity index (χ3v) is 1.15. The number of aliphatic hydroxyl groups is 4. The van der Waals surface area contributed by atoms with E-state index in [1.807, 2.05) is 0 Å². The van der Waals surface area contributed by atoms with E-state index >= 15 is 0 Å². The lowest BCUT2D eigenvalue weighted by molar-refractivity contribution is -0.132. The highest BCUT2D eigenvalue weighted by Crippen LogP contribution is 2.02. The predicted molar refractivity (Wildman–Crippen MR) is 35.8 cm³/mol. The van der Waals surface area contributed by atoms with Crippen LogP contribution >= 0.6 is 0 Å². The third-order valence-electron chi connectivity index (χ3n) is 1.15. The first-order chi connectivity index (χ1) is 5.63. The number of aldehydes is 1. The van der Waals surface area contributed by atoms with Crippen LogP contribution in [0.15, 0.2) is 0 Å². The Hall–Kier alpha value is -0.490. The van der Waals surface area contributed by atoms with Crippen molar-refractivity contribution in [2.24, 2.45) is 0 Å². The average molecular weight is 166 g/mol. The highest BCUT2D eigenvalue weighted by molar-refractivity contribution is 5.56. The molecule has 5 nitrogen and oxygen atoms in total. The van der Waals surface area contributed by atoms with Crippen molar-refractivity contribution >= 4 is 6.29 Å². The summed E-state index contributed by atoms with van der Waals surface area (Å²) in [5.41, 5.74) is 0. The summed E-state index contributed by atoms with van der Waals surface area (Å²) in [6.45, 7) is 0.849. The highest BCUT2D eigenvalue weighted by Gasteiger charge is 2.27. The molecule has 0 amide bonds. The van der Waals surface area contributed by atoms with Crippen LogP contribution in [0.3, 0.4) is 0 Å². The number of hydrogen-bond donors (Lipinski definition) is 4. The molecule has 0 aliphatic heterocycles. The van der Waals surface area contributed by atoms with Gasteiger partial charge in [-0.3, -0.25) is 0 Å². The molecular weight excluding hydrogens is 152 g/mol. The molecule has 0 unspecified atom stereocenters. The number of aliphatic hydroxyl groups excluding tert-OH is 2. The van der Waals surface area contributed by atoms with E-state index in [1.54, 1.807) is 0 Å². The number of hydrogen-bond acceptors (Lipinski definition) is 5. The SMILES string of the molecule is [2H][C@](O)(C=O)[C@H](O)[C@@H](O)[C@]([2H])(C)O. The van der Waals surface area contributed by atoms with Gasteiger partial charge < -0.3 is 25.2 Å². The van der Waals surface area contributed by atoms with Gasteiger partial charge in [-0.1, -0.05) is 0 Å². The van der Waals surface area contributed by atoms with Crippen LogP contribution < -0.4 is 0 Å². The third kappa shape index (κ3) is 2.94. The summed E-state index contributed by atoms with van der Waals surface area (Å²) < 4.78 is 13.6. The maximum atomic E-state index is 10.0. The average Bonchev–Trinajstić information content (AvgIpc) is 2.00. The van der Waals surface area contributed by atoms with E-state index in [0.29, 0.717) is 0 Å². The van der Waals surface area contributed by atoms with Crippen LogP contribution in [0.25, 0.3) is 0 Å². The van der Waals surface area contributed by atoms with Gasteiger partial charge in [0.1, 0.15) is 18.3 Å². The second-order valence-corrected chi connectivity index (χ2v) is 2.07. The summed E-state index contributed by atoms with van der Waals surface area (Å²) in [6.07, 6.45) is -10.0. The number of rotatable bonds is 4. The molecule has 0 heterocycles. The Kier molecular flexibility index (Phi) is 2.87. The van der Waals surface area contributed by atoms with Gasteiger partial charge in [0.2, 0.25) is 0 Å². The van der Waals surface area contributed by atoms with E-state index in [4.69, 9.17) is 23.2 Å². The van der Waals surface area contributed by atoms with Crippen molar-refractivity contribution < 1.29 is 28.0 Å². The fourth-order valence-electron chi connectivity index (χ4n) is 0.460. The van der Waals surface area contributed by atoms with Crippen LogP contribution in [0.1, 0.15) is 9.67 Å². The minimum absolute atomic E-state index is 0.299. The van der Waals surface area contributed by atoms with Crippen molar-refractivity contribution in [3.05, 3.63) is 0 Å². The summed E-state index contributed by atoms with van der Waals surface area (Å²) in [7, 11) is 0. The molecule has 0 saturated heterocycles. The van der Waals surface area contributed by atoms with Crippen molar-refractivity contribution in [2.75, 3.05) is 0 Å². The van der Waals surface area contributed by atoms with Gasteiger partial charge in [0.15, 0.2) is 6.29 Å². The first-order valence-corrected chi connectivity index (χ1v) is 2.90. The van der Waals surface area contributed by atoms with E-state index in [1.165, 1.54) is 0 Å². The van der Waals surface area contributed by atoms with Crippen molar-refractivity contribution in [3.8, 4) is 0 Å². The quantitative estimate of drug-likeness (QED) is 0.350. The largest absolute Gasteiger partial charge is 0.391 e. The Morgan fingerprint density at radius 2 is 1.73 bits per heavy atom. The summed E-state index contributed by atoms with van der Waals surface area (Å²) >= 11 is 0. The molecule has 0 bridgehead atoms. The second kappa shape index (κ2) is 4.40. The summed E-state index contributed by atoms with van der Waals surface area (Å²) in [4.78, 5) is 10.0. The van der Waals surface area contributed by atoms with Crippen molar-refractivity contribution in [1.82, 2.24) is 0 Å². The molecule has 0 fully saturated rings. The van der Waals surface area contributed by atoms with Crippen molar-refractivity contribution in [1.29, 1.82) is 0 Å². The minimum atomic E-state index is -2.93. The molecule has 66 valence electrons. The Morgan fingerprint density at radius 1 is 1.27 bits per heavy atom. The predicted octanol–water partition coefficient (Wildman–Crippen LogP) is -2.35. The zero-order valence-electron chi connectivity index (χ0n) is 7.93. The molecule has 4 atom stereocenters. The van der Waals surface area contributed by atoms with Crippen LogP contribution in [0.5, 0.6) is 0 Å². The molecule has 0 aromatic rings. The highest BCUT2D eigenvalue weighted by atomic mass is 16.4. The monoisotopic (exact) mass is 166 g/mol. The molecule has 11 heavy (non-hydrogen) atoms. The van der Waals surface area contributed by atoms with E-state index in [0.717, 1.165) is 6.92 Å². The van der Waals surface area contributed by atoms with Gasteiger partial charge in [0.25, 0.3) is 0 Å². The lowest BCUT2D eigenvalue weighted by atomic mass is 10.1. The molecule has 0 aliphatic rings. The van der Waals surface area contributed by atoms with Gasteiger partial charge in [-0.05, 0) is 6.92 Å². The van der Waals surface area contributed by atoms with Crippen LogP contribution in [0.4, 0.5) is 0 Å². The Morgan fingerprint density at radius 3 is 2.00 bits per heavy atom. The summed E-state index contributed by atoms with van der Waals surface area (Å²) in [5, 5.41) is 35.7. The topological polar surface area (TPSA) is 98.0 Å². The maximum absolute atomic E-state index is 10.0. The Labute approximate surface area is 66.7 Å². The molecule has 0 saturated carbocycles. The fraction of sp³-hybridized carbons (Fsp3) is 0.833. The minimum Gasteiger partial charge on any atom is -0.391 e. The van der Waals surface area contributed by atoms with Gasteiger partial charge in [0, 0.05) is 0 Å². The Bertz CT molecular complexity index is 188. The molecule has 0 spiro atoms. The summed E-state index contributed by atoms with van der Waals surface area (Å²) in [6, 6.07) is 0. The molecule has 0 aliphatic carbocycles. The van der Waals surface area contributed by atoms with Gasteiger partial charge in [0.05, 0.1) is 8.82 Å². The number of carbonyl (C=O) groups is 1. The van der Waals surface area contributed by atoms with E-state index in [2.05, 4.69) is 0 Å². The smallest absolute Gasteiger partial charge is 0.151 e. The van der Waals surface area contributed by atoms with Crippen LogP contribution in [-0.2, 0) is 4.79 Å². The molecule has 0 aromatic heterocycles. The molecule has 0 aromatic carbocycles. The van der Waals surface area contributed by atoms with Gasteiger partial charge in [-0.25, -0.2) is 0 Å². The normalized spacial score (nSPS) is 30.3. The molecule has 5 heteroatoms. The van der Waals surface area contributed by atoms with E-state index in [9.17, 15) is 4.79 Å². The maximum Gasteiger partial charge on any atom is 0.151 e. The lowest BCUT2D eigenvalue weighted by Gasteiger charge is -2.21. The number of carbonyl (C=O) groups excluding carboxylic acids is 1. The van der Waals surface area contributed by atoms with Gasteiger partial charge in [-0.2, -0.15) is 0 Å². The lowest BCUT2D eigenvalue weighted by Crippen LogP contribution is -2.43. The summed E-state index contributed by atoms with van der Waals surface area (Å²) in [5.74, 6) is 0. The molecule has 0 rings (SSSR count). The first-order valence-electron chi connectivity index (χ1n) is 3.90. The zero-order valence-corrected chi connectivity index (χ0v) is 5.93. The zero-order chi connectivity index (χ0) is 10.9. The standard InChI is InChI=1S/C6H12O5/c1-3(8)5(10)6(11)4(9)2-7/h2-6,8-11H,1H3/t3-,4-,5-,6-/m0/s1/i3D,4D. The molecule has 0 radical (unpaired) electrons. The molecule has 4 N–H and O–H groups in total. The second-order valence-electron chi connectivity index (χ2n) is 2.07. The van der Waals surface area contributed by atoms with Crippen molar-refractivity contribution in [2.45, 2.75) is 31.3 Å². The van der Waals surface area contributed by atoms with Gasteiger partial charge in [-0.15, -0.1) is 0 Å². The van der Waals surface area contributed by atoms with E-state index < -0.39 is 24.4 Å². The van der Waals surface area contributed by atoms with Crippen LogP contribution in [0, 0.1) is 0 Å². The van der Waals surface area contributed by atoms with Crippen molar-refractivity contribution in [3.63, 3.8) is 0 Å². The van der Waals surface area contributed by atoms with Crippen LogP contribution in [-0.4, -0.2) is 51.1 Å². The van der Waals surface area contributed by atoms with E-state index in [-0.39, 0.29) is 6.29 Å². The van der Waals surface area contributed by atoms with Gasteiger partial charge >= 0.3 is 0 Å². The van der Waals surface area contributed by atoms with Crippen LogP contribution in [0.2, 0.25) is 0 Å². The first kappa shape index (κ1) is 7.17.